The van der Waals surface area contributed by atoms with E-state index in [4.69, 9.17) is 23.4 Å². The normalized spacial score (nSPS) is 30.1. The summed E-state index contributed by atoms with van der Waals surface area (Å²) in [7, 11) is 1.41. The number of carbonyl (C=O) groups is 3. The Bertz CT molecular complexity index is 2490. The van der Waals surface area contributed by atoms with Gasteiger partial charge in [-0.05, 0) is 19.9 Å². The molecule has 0 fully saturated rings. The first-order valence-corrected chi connectivity index (χ1v) is 19.0. The van der Waals surface area contributed by atoms with Crippen LogP contribution in [-0.4, -0.2) is 80.4 Å². The van der Waals surface area contributed by atoms with Gasteiger partial charge >= 0.3 is 11.8 Å². The van der Waals surface area contributed by atoms with Crippen LogP contribution >= 0.6 is 0 Å². The number of anilines is 1. The van der Waals surface area contributed by atoms with E-state index in [1.54, 1.807) is 33.8 Å². The minimum Gasteiger partial charge on any atom is -0.508 e. The molecular formula is C43H47FN2O13. The number of methoxy groups -OCH3 is 1. The second-order valence-corrected chi connectivity index (χ2v) is 15.5. The first-order chi connectivity index (χ1) is 27.7. The van der Waals surface area contributed by atoms with E-state index < -0.39 is 117 Å². The molecule has 0 saturated heterocycles. The molecule has 3 heterocycles. The number of nitrogens with zero attached hydrogens (tertiary/aromatic N) is 1. The molecule has 4 bridgehead atoms. The molecule has 0 saturated carbocycles. The van der Waals surface area contributed by atoms with Crippen LogP contribution < -0.4 is 15.5 Å². The minimum atomic E-state index is -2.12. The van der Waals surface area contributed by atoms with Crippen molar-refractivity contribution in [2.75, 3.05) is 12.4 Å². The van der Waals surface area contributed by atoms with E-state index >= 15 is 4.39 Å². The van der Waals surface area contributed by atoms with Crippen molar-refractivity contribution < 1.29 is 62.6 Å². The van der Waals surface area contributed by atoms with Gasteiger partial charge in [-0.25, -0.2) is 9.37 Å². The lowest BCUT2D eigenvalue weighted by Gasteiger charge is -2.38. The highest BCUT2D eigenvalue weighted by molar-refractivity contribution is 6.22. The number of phenols is 2. The number of benzene rings is 3. The number of carbonyl (C=O) groups excluding carboxylic acids is 3. The number of ether oxygens (including phenoxy) is 4. The molecule has 0 radical (unpaired) electrons. The fourth-order valence-corrected chi connectivity index (χ4v) is 7.85. The van der Waals surface area contributed by atoms with Crippen molar-refractivity contribution in [3.05, 3.63) is 75.4 Å². The number of fused-ring (bicyclic) bond motifs is 2. The zero-order valence-electron chi connectivity index (χ0n) is 33.9. The summed E-state index contributed by atoms with van der Waals surface area (Å²) >= 11 is 0. The molecule has 59 heavy (non-hydrogen) atoms. The molecule has 1 aliphatic carbocycles. The molecule has 5 N–H and O–H groups in total. The summed E-state index contributed by atoms with van der Waals surface area (Å²) < 4.78 is 44.9. The molecule has 6 rings (SSSR count). The number of aliphatic hydroxyl groups is 2. The van der Waals surface area contributed by atoms with Gasteiger partial charge in [0, 0.05) is 73.3 Å². The number of nitrogens with one attached hydrogen (secondary N) is 1. The highest BCUT2D eigenvalue weighted by Crippen LogP contribution is 2.50. The molecule has 9 atom stereocenters. The summed E-state index contributed by atoms with van der Waals surface area (Å²) in [5.41, 5.74) is -2.69. The van der Waals surface area contributed by atoms with Gasteiger partial charge < -0.3 is 49.1 Å². The van der Waals surface area contributed by atoms with Crippen LogP contribution in [0.2, 0.25) is 0 Å². The molecule has 0 aromatic heterocycles. The third-order valence-electron chi connectivity index (χ3n) is 11.4. The number of hydrogen-bond acceptors (Lipinski definition) is 14. The molecule has 4 aliphatic rings. The van der Waals surface area contributed by atoms with Gasteiger partial charge in [0.1, 0.15) is 40.3 Å². The predicted molar refractivity (Wildman–Crippen MR) is 213 cm³/mol. The SMILES string of the molecule is CO[C@H]1/C=C/O[C@@]2(C)Oc3c(C)c(O)c4c(=O)c(c5oc6cc(O)cc(F)c6nc-5c4c3C2=O)NC(=O)/C(C)=C\C=C\[C@H](C)[C@H](O)[C@@H](C)[C@@H](O)[C@@H](C)[C@H](OC(C)=O)[C@@H]1C. The molecule has 2 aromatic rings. The Hall–Kier alpha value is -5.84. The largest absolute Gasteiger partial charge is 0.508 e. The maximum absolute atomic E-state index is 15.3. The number of rotatable bonds is 2. The summed E-state index contributed by atoms with van der Waals surface area (Å²) in [5, 5.41) is 46.4. The molecule has 15 nitrogen and oxygen atoms in total. The van der Waals surface area contributed by atoms with Crippen molar-refractivity contribution in [1.82, 2.24) is 4.98 Å². The Morgan fingerprint density at radius 2 is 1.68 bits per heavy atom. The number of halogens is 1. The van der Waals surface area contributed by atoms with Gasteiger partial charge in [0.05, 0.1) is 35.5 Å². The Morgan fingerprint density at radius 3 is 2.34 bits per heavy atom. The Morgan fingerprint density at radius 1 is 0.983 bits per heavy atom. The Kier molecular flexibility index (Phi) is 11.6. The smallest absolute Gasteiger partial charge is 0.312 e. The fraction of sp³-hybridized carbons (Fsp3) is 0.419. The molecule has 1 amide bonds. The lowest BCUT2D eigenvalue weighted by Crippen LogP contribution is -2.46. The van der Waals surface area contributed by atoms with Gasteiger partial charge in [0.25, 0.3) is 11.7 Å². The topological polar surface area (TPSA) is 224 Å². The Balaban J connectivity index is 1.60. The molecule has 0 unspecified atom stereocenters. The average Bonchev–Trinajstić information content (AvgIpc) is 3.45. The number of aromatic hydroxyl groups is 2. The van der Waals surface area contributed by atoms with E-state index in [2.05, 4.69) is 10.3 Å². The van der Waals surface area contributed by atoms with E-state index in [1.165, 1.54) is 53.0 Å². The van der Waals surface area contributed by atoms with Gasteiger partial charge in [0.15, 0.2) is 17.2 Å². The summed E-state index contributed by atoms with van der Waals surface area (Å²) in [4.78, 5) is 59.5. The van der Waals surface area contributed by atoms with Crippen molar-refractivity contribution in [3.63, 3.8) is 0 Å². The van der Waals surface area contributed by atoms with E-state index in [-0.39, 0.29) is 39.1 Å². The standard InChI is InChI=1S/C43H47FN2O13/c1-17-11-10-12-18(2)42(54)46-33-37(52)29-28(32-40(33)58-27-16-24(48)15-25(44)31(27)45-32)30-39(22(6)36(29)51)59-43(8,41(30)53)56-14-13-26(55-9)19(3)38(57-23(7)47)21(5)35(50)20(4)34(17)49/h10-17,19-21,26,34-35,38,48-51H,1-9H3,(H,46,54)/b11-10+,14-13+,18-12-/t17-,19+,20+,21+,26-,34-,35+,38+,43-/m0/s1. The van der Waals surface area contributed by atoms with Crippen molar-refractivity contribution in [2.45, 2.75) is 85.6 Å². The van der Waals surface area contributed by atoms with Crippen molar-refractivity contribution in [2.24, 2.45) is 23.7 Å². The number of phenolic OH excluding ortho intramolecular Hbond substituents is 2. The van der Waals surface area contributed by atoms with Crippen LogP contribution in [0, 0.1) is 36.4 Å². The van der Waals surface area contributed by atoms with E-state index in [9.17, 15) is 39.6 Å². The summed E-state index contributed by atoms with van der Waals surface area (Å²) in [6.07, 6.45) is 3.15. The second-order valence-electron chi connectivity index (χ2n) is 15.5. The lowest BCUT2D eigenvalue weighted by atomic mass is 9.78. The summed E-state index contributed by atoms with van der Waals surface area (Å²) in [5.74, 6) is -9.71. The van der Waals surface area contributed by atoms with Crippen molar-refractivity contribution >= 4 is 45.2 Å². The van der Waals surface area contributed by atoms with Gasteiger partial charge in [-0.15, -0.1) is 0 Å². The molecule has 314 valence electrons. The monoisotopic (exact) mass is 818 g/mol. The molecule has 0 spiro atoms. The highest BCUT2D eigenvalue weighted by Gasteiger charge is 2.50. The number of amides is 1. The number of allylic oxidation sites excluding steroid dienone is 2. The number of aliphatic hydroxyl groups excluding tert-OH is 2. The van der Waals surface area contributed by atoms with E-state index in [1.807, 2.05) is 0 Å². The fourth-order valence-electron chi connectivity index (χ4n) is 7.85. The maximum Gasteiger partial charge on any atom is 0.312 e. The third kappa shape index (κ3) is 7.51. The first kappa shape index (κ1) is 42.8. The molecular weight excluding hydrogens is 771 g/mol. The van der Waals surface area contributed by atoms with Gasteiger partial charge in [0.2, 0.25) is 5.43 Å². The number of aromatic nitrogens is 1. The summed E-state index contributed by atoms with van der Waals surface area (Å²) in [6.45, 7) is 12.2. The Labute approximate surface area is 338 Å². The first-order valence-electron chi connectivity index (χ1n) is 19.0. The zero-order chi connectivity index (χ0) is 43.4. The van der Waals surface area contributed by atoms with Crippen LogP contribution in [0.3, 0.4) is 0 Å². The lowest BCUT2D eigenvalue weighted by molar-refractivity contribution is -0.160. The van der Waals surface area contributed by atoms with Crippen LogP contribution in [0.4, 0.5) is 10.1 Å². The second kappa shape index (κ2) is 16.1. The van der Waals surface area contributed by atoms with Crippen molar-refractivity contribution in [1.29, 1.82) is 0 Å². The zero-order valence-corrected chi connectivity index (χ0v) is 33.9. The molecule has 3 aliphatic heterocycles. The number of ketones is 1. The molecule has 16 heteroatoms. The van der Waals surface area contributed by atoms with Gasteiger partial charge in [-0.1, -0.05) is 45.9 Å². The number of hydrogen-bond donors (Lipinski definition) is 5. The number of Topliss-reactive ketones (excluding diaryl/α,β-unsaturated/α-hetero) is 1. The van der Waals surface area contributed by atoms with Crippen LogP contribution in [0.5, 0.6) is 17.2 Å². The molecule has 2 aromatic carbocycles. The maximum atomic E-state index is 15.3. The quantitative estimate of drug-likeness (QED) is 0.0917. The van der Waals surface area contributed by atoms with Crippen LogP contribution in [0.25, 0.3) is 33.3 Å². The average molecular weight is 819 g/mol. The number of esters is 1. The van der Waals surface area contributed by atoms with Crippen LogP contribution in [-0.2, 0) is 23.8 Å². The van der Waals surface area contributed by atoms with E-state index in [0.29, 0.717) is 0 Å². The van der Waals surface area contributed by atoms with E-state index in [0.717, 1.165) is 18.4 Å². The van der Waals surface area contributed by atoms with Crippen LogP contribution in [0.1, 0.15) is 64.4 Å². The third-order valence-corrected chi connectivity index (χ3v) is 11.4. The summed E-state index contributed by atoms with van der Waals surface area (Å²) in [6, 6.07) is 1.85. The van der Waals surface area contributed by atoms with Gasteiger partial charge in [-0.2, -0.15) is 0 Å². The minimum absolute atomic E-state index is 0.0304. The van der Waals surface area contributed by atoms with Crippen molar-refractivity contribution in [3.8, 4) is 28.7 Å². The van der Waals surface area contributed by atoms with Crippen LogP contribution in [0.15, 0.2) is 57.5 Å². The predicted octanol–water partition coefficient (Wildman–Crippen LogP) is 5.79. The highest BCUT2D eigenvalue weighted by atomic mass is 19.1. The van der Waals surface area contributed by atoms with Gasteiger partial charge in [-0.3, -0.25) is 19.2 Å².